The first-order chi connectivity index (χ1) is 8.39. The highest BCUT2D eigenvalue weighted by Gasteiger charge is 2.51. The van der Waals surface area contributed by atoms with E-state index < -0.39 is 27.4 Å². The van der Waals surface area contributed by atoms with Gasteiger partial charge in [-0.3, -0.25) is 9.35 Å². The fourth-order valence-electron chi connectivity index (χ4n) is 1.21. The molecule has 0 bridgehead atoms. The monoisotopic (exact) mass is 302 g/mol. The molecule has 0 saturated carbocycles. The molecule has 0 aromatic heterocycles. The molecule has 0 rings (SSSR count). The van der Waals surface area contributed by atoms with Crippen LogP contribution in [0.5, 0.6) is 0 Å². The first kappa shape index (κ1) is 18.2. The van der Waals surface area contributed by atoms with Gasteiger partial charge in [-0.15, -0.1) is 0 Å². The molecule has 0 radical (unpaired) electrons. The third kappa shape index (κ3) is 5.40. The van der Waals surface area contributed by atoms with E-state index in [4.69, 9.17) is 4.55 Å². The summed E-state index contributed by atoms with van der Waals surface area (Å²) in [5.74, 6) is -0.363. The van der Waals surface area contributed by atoms with Gasteiger partial charge in [0.2, 0.25) is 0 Å². The van der Waals surface area contributed by atoms with Crippen molar-refractivity contribution < 1.29 is 31.3 Å². The molecule has 0 spiro atoms. The van der Waals surface area contributed by atoms with E-state index in [1.807, 2.05) is 20.8 Å². The standard InChI is InChI=1S/C11H20F2O5S/c1-7(2)8(3)5-6-10(14)18-9(4)11(12,13)19(15,16)17/h7-9H,5-6H2,1-4H3,(H,15,16,17). The summed E-state index contributed by atoms with van der Waals surface area (Å²) in [4.78, 5) is 11.3. The highest BCUT2D eigenvalue weighted by molar-refractivity contribution is 7.86. The van der Waals surface area contributed by atoms with Crippen molar-refractivity contribution in [3.8, 4) is 0 Å². The molecule has 19 heavy (non-hydrogen) atoms. The van der Waals surface area contributed by atoms with Gasteiger partial charge in [-0.2, -0.15) is 17.2 Å². The third-order valence-corrected chi connectivity index (χ3v) is 4.09. The van der Waals surface area contributed by atoms with Crippen molar-refractivity contribution in [2.45, 2.75) is 51.9 Å². The zero-order valence-electron chi connectivity index (χ0n) is 11.4. The fraction of sp³-hybridized carbons (Fsp3) is 0.909. The summed E-state index contributed by atoms with van der Waals surface area (Å²) in [6.45, 7) is 6.56. The van der Waals surface area contributed by atoms with E-state index in [-0.39, 0.29) is 12.3 Å². The summed E-state index contributed by atoms with van der Waals surface area (Å²) in [5.41, 5.74) is 0. The van der Waals surface area contributed by atoms with Gasteiger partial charge in [0, 0.05) is 6.42 Å². The lowest BCUT2D eigenvalue weighted by Gasteiger charge is -2.21. The van der Waals surface area contributed by atoms with Gasteiger partial charge in [0.05, 0.1) is 0 Å². The molecule has 1 N–H and O–H groups in total. The van der Waals surface area contributed by atoms with Gasteiger partial charge in [0.25, 0.3) is 0 Å². The SMILES string of the molecule is CC(C)C(C)CCC(=O)OC(C)C(F)(F)S(=O)(=O)O. The minimum absolute atomic E-state index is 0.0781. The average molecular weight is 302 g/mol. The average Bonchev–Trinajstić information content (AvgIpc) is 2.23. The van der Waals surface area contributed by atoms with Gasteiger partial charge >= 0.3 is 21.3 Å². The molecule has 8 heteroatoms. The van der Waals surface area contributed by atoms with Crippen LogP contribution < -0.4 is 0 Å². The smallest absolute Gasteiger partial charge is 0.405 e. The van der Waals surface area contributed by atoms with Gasteiger partial charge in [0.15, 0.2) is 6.10 Å². The molecule has 114 valence electrons. The van der Waals surface area contributed by atoms with Crippen molar-refractivity contribution in [3.05, 3.63) is 0 Å². The Morgan fingerprint density at radius 3 is 2.11 bits per heavy atom. The normalized spacial score (nSPS) is 16.2. The largest absolute Gasteiger partial charge is 0.455 e. The van der Waals surface area contributed by atoms with Crippen LogP contribution in [0, 0.1) is 11.8 Å². The summed E-state index contributed by atoms with van der Waals surface area (Å²) >= 11 is 0. The van der Waals surface area contributed by atoms with Crippen LogP contribution in [0.3, 0.4) is 0 Å². The molecule has 5 nitrogen and oxygen atoms in total. The van der Waals surface area contributed by atoms with Crippen LogP contribution in [0.15, 0.2) is 0 Å². The molecule has 0 aromatic rings. The van der Waals surface area contributed by atoms with E-state index in [1.54, 1.807) is 0 Å². The molecular weight excluding hydrogens is 282 g/mol. The Morgan fingerprint density at radius 2 is 1.74 bits per heavy atom. The Bertz CT molecular complexity index is 405. The highest BCUT2D eigenvalue weighted by atomic mass is 32.2. The molecule has 0 aliphatic rings. The van der Waals surface area contributed by atoms with E-state index in [1.165, 1.54) is 0 Å². The lowest BCUT2D eigenvalue weighted by molar-refractivity contribution is -0.159. The van der Waals surface area contributed by atoms with Gasteiger partial charge in [-0.25, -0.2) is 0 Å². The minimum Gasteiger partial charge on any atom is -0.455 e. The van der Waals surface area contributed by atoms with Gasteiger partial charge in [0.1, 0.15) is 0 Å². The van der Waals surface area contributed by atoms with Crippen molar-refractivity contribution in [2.75, 3.05) is 0 Å². The van der Waals surface area contributed by atoms with E-state index in [2.05, 4.69) is 4.74 Å². The summed E-state index contributed by atoms with van der Waals surface area (Å²) in [5, 5.41) is -4.51. The molecule has 2 atom stereocenters. The molecule has 0 saturated heterocycles. The van der Waals surface area contributed by atoms with Crippen molar-refractivity contribution in [3.63, 3.8) is 0 Å². The number of carbonyl (C=O) groups is 1. The predicted octanol–water partition coefficient (Wildman–Crippen LogP) is 2.47. The topological polar surface area (TPSA) is 80.7 Å². The number of rotatable bonds is 7. The maximum Gasteiger partial charge on any atom is 0.405 e. The van der Waals surface area contributed by atoms with E-state index in [9.17, 15) is 22.0 Å². The quantitative estimate of drug-likeness (QED) is 0.577. The number of carbonyl (C=O) groups excluding carboxylic acids is 1. The molecule has 0 fully saturated rings. The van der Waals surface area contributed by atoms with Crippen LogP contribution in [-0.4, -0.2) is 30.3 Å². The second-order valence-electron chi connectivity index (χ2n) is 4.93. The number of halogens is 2. The molecule has 2 unspecified atom stereocenters. The summed E-state index contributed by atoms with van der Waals surface area (Å²) in [7, 11) is -5.60. The van der Waals surface area contributed by atoms with Crippen molar-refractivity contribution in [2.24, 2.45) is 11.8 Å². The number of hydrogen-bond acceptors (Lipinski definition) is 4. The maximum atomic E-state index is 13.1. The number of alkyl halides is 2. The maximum absolute atomic E-state index is 13.1. The molecule has 0 amide bonds. The second-order valence-corrected chi connectivity index (χ2v) is 6.42. The fourth-order valence-corrected chi connectivity index (χ4v) is 1.68. The van der Waals surface area contributed by atoms with Gasteiger partial charge in [-0.1, -0.05) is 20.8 Å². The second kappa shape index (κ2) is 6.60. The van der Waals surface area contributed by atoms with Crippen molar-refractivity contribution in [1.29, 1.82) is 0 Å². The molecular formula is C11H20F2O5S. The Kier molecular flexibility index (Phi) is 6.34. The van der Waals surface area contributed by atoms with Crippen molar-refractivity contribution in [1.82, 2.24) is 0 Å². The number of esters is 1. The Hall–Kier alpha value is -0.760. The van der Waals surface area contributed by atoms with E-state index in [0.29, 0.717) is 12.3 Å². The Labute approximate surface area is 112 Å². The zero-order chi connectivity index (χ0) is 15.4. The molecule has 0 aliphatic carbocycles. The van der Waals surface area contributed by atoms with Crippen LogP contribution >= 0.6 is 0 Å². The summed E-state index contributed by atoms with van der Waals surface area (Å²) < 4.78 is 59.8. The Balaban J connectivity index is 4.43. The van der Waals surface area contributed by atoms with Crippen LogP contribution in [0.4, 0.5) is 8.78 Å². The summed E-state index contributed by atoms with van der Waals surface area (Å²) in [6.07, 6.45) is -1.85. The molecule has 0 aromatic carbocycles. The number of hydrogen-bond donors (Lipinski definition) is 1. The van der Waals surface area contributed by atoms with E-state index >= 15 is 0 Å². The molecule has 0 aliphatic heterocycles. The van der Waals surface area contributed by atoms with E-state index in [0.717, 1.165) is 6.92 Å². The van der Waals surface area contributed by atoms with Crippen molar-refractivity contribution >= 4 is 16.1 Å². The minimum atomic E-state index is -5.60. The lowest BCUT2D eigenvalue weighted by atomic mass is 9.93. The first-order valence-corrected chi connectivity index (χ1v) is 7.38. The molecule has 0 heterocycles. The Morgan fingerprint density at radius 1 is 1.26 bits per heavy atom. The van der Waals surface area contributed by atoms with Gasteiger partial charge < -0.3 is 4.74 Å². The van der Waals surface area contributed by atoms with Gasteiger partial charge in [-0.05, 0) is 25.2 Å². The van der Waals surface area contributed by atoms with Crippen LogP contribution in [0.1, 0.15) is 40.5 Å². The number of ether oxygens (including phenoxy) is 1. The predicted molar refractivity (Wildman–Crippen MR) is 65.3 cm³/mol. The zero-order valence-corrected chi connectivity index (χ0v) is 12.2. The highest BCUT2D eigenvalue weighted by Crippen LogP contribution is 2.27. The first-order valence-electron chi connectivity index (χ1n) is 5.94. The lowest BCUT2D eigenvalue weighted by Crippen LogP contribution is -2.42. The third-order valence-electron chi connectivity index (χ3n) is 3.07. The summed E-state index contributed by atoms with van der Waals surface area (Å²) in [6, 6.07) is 0. The van der Waals surface area contributed by atoms with Crippen LogP contribution in [-0.2, 0) is 19.6 Å². The van der Waals surface area contributed by atoms with Crippen LogP contribution in [0.25, 0.3) is 0 Å². The van der Waals surface area contributed by atoms with Crippen LogP contribution in [0.2, 0.25) is 0 Å².